The van der Waals surface area contributed by atoms with Crippen LogP contribution in [0.25, 0.3) is 11.6 Å². The number of nitrogens with zero attached hydrogens (tertiary/aromatic N) is 2. The summed E-state index contributed by atoms with van der Waals surface area (Å²) in [5.41, 5.74) is 10.1. The molecule has 0 aromatic carbocycles. The Morgan fingerprint density at radius 2 is 1.67 bits per heavy atom. The van der Waals surface area contributed by atoms with Gasteiger partial charge in [0.2, 0.25) is 0 Å². The third-order valence-corrected chi connectivity index (χ3v) is 4.79. The van der Waals surface area contributed by atoms with Crippen molar-refractivity contribution in [3.05, 3.63) is 69.3 Å². The number of hydrogen-bond donors (Lipinski definition) is 0. The summed E-state index contributed by atoms with van der Waals surface area (Å²) < 4.78 is 5.06. The molecule has 2 aliphatic rings. The first-order chi connectivity index (χ1) is 12.9. The van der Waals surface area contributed by atoms with Crippen LogP contribution in [-0.2, 0) is 22.4 Å². The lowest BCUT2D eigenvalue weighted by Crippen LogP contribution is -2.07. The van der Waals surface area contributed by atoms with E-state index in [0.717, 1.165) is 35.4 Å². The number of esters is 1. The van der Waals surface area contributed by atoms with Crippen LogP contribution in [0.2, 0.25) is 0 Å². The fraction of sp³-hybridized carbons (Fsp3) is 0.348. The van der Waals surface area contributed by atoms with Crippen molar-refractivity contribution in [3.8, 4) is 0 Å². The molecule has 4 rings (SSSR count). The zero-order valence-corrected chi connectivity index (χ0v) is 16.7. The van der Waals surface area contributed by atoms with E-state index in [1.165, 1.54) is 22.3 Å². The van der Waals surface area contributed by atoms with Crippen molar-refractivity contribution in [2.45, 2.75) is 47.5 Å². The highest BCUT2D eigenvalue weighted by Crippen LogP contribution is 2.33. The van der Waals surface area contributed by atoms with Crippen LogP contribution in [0.5, 0.6) is 0 Å². The quantitative estimate of drug-likeness (QED) is 0.731. The molecule has 0 spiro atoms. The SMILES string of the molecule is CC1=Cc2cnc(C)cc2C1.CCOC(=O)C1=C(C)Cc2cc(C)ncc21. The fourth-order valence-corrected chi connectivity index (χ4v) is 3.61. The van der Waals surface area contributed by atoms with Crippen molar-refractivity contribution in [3.63, 3.8) is 0 Å². The summed E-state index contributed by atoms with van der Waals surface area (Å²) in [7, 11) is 0. The van der Waals surface area contributed by atoms with Gasteiger partial charge >= 0.3 is 5.97 Å². The molecule has 0 unspecified atom stereocenters. The topological polar surface area (TPSA) is 52.1 Å². The maximum Gasteiger partial charge on any atom is 0.338 e. The van der Waals surface area contributed by atoms with Crippen LogP contribution in [0.1, 0.15) is 54.4 Å². The average molecular weight is 362 g/mol. The minimum Gasteiger partial charge on any atom is -0.462 e. The highest BCUT2D eigenvalue weighted by molar-refractivity contribution is 6.19. The van der Waals surface area contributed by atoms with Gasteiger partial charge in [0, 0.05) is 29.3 Å². The average Bonchev–Trinajstić information content (AvgIpc) is 3.12. The number of aromatic nitrogens is 2. The monoisotopic (exact) mass is 362 g/mol. The van der Waals surface area contributed by atoms with E-state index in [0.29, 0.717) is 12.2 Å². The van der Waals surface area contributed by atoms with Crippen molar-refractivity contribution in [1.29, 1.82) is 0 Å². The number of carbonyl (C=O) groups excluding carboxylic acids is 1. The molecule has 0 bridgehead atoms. The lowest BCUT2D eigenvalue weighted by atomic mass is 10.1. The number of ether oxygens (including phenoxy) is 1. The van der Waals surface area contributed by atoms with Crippen LogP contribution in [0.4, 0.5) is 0 Å². The van der Waals surface area contributed by atoms with Gasteiger partial charge in [-0.05, 0) is 76.3 Å². The fourth-order valence-electron chi connectivity index (χ4n) is 3.61. The third-order valence-electron chi connectivity index (χ3n) is 4.79. The third kappa shape index (κ3) is 4.16. The van der Waals surface area contributed by atoms with Gasteiger partial charge in [-0.15, -0.1) is 0 Å². The lowest BCUT2D eigenvalue weighted by molar-refractivity contribution is -0.136. The predicted octanol–water partition coefficient (Wildman–Crippen LogP) is 4.63. The van der Waals surface area contributed by atoms with Gasteiger partial charge < -0.3 is 4.74 Å². The standard InChI is InChI=1S/C13H15NO2.C10H11N/c1-4-16-13(15)12-8(2)5-10-6-9(3)14-7-11(10)12;1-7-3-9-5-8(2)11-6-10(9)4-7/h6-7H,4-5H2,1-3H3;4-6H,3H2,1-2H3. The number of pyridine rings is 2. The maximum atomic E-state index is 11.8. The van der Waals surface area contributed by atoms with Crippen LogP contribution in [0, 0.1) is 13.8 Å². The molecule has 0 saturated carbocycles. The van der Waals surface area contributed by atoms with Gasteiger partial charge in [0.15, 0.2) is 0 Å². The summed E-state index contributed by atoms with van der Waals surface area (Å²) in [6.07, 6.45) is 7.88. The van der Waals surface area contributed by atoms with E-state index in [-0.39, 0.29) is 5.97 Å². The van der Waals surface area contributed by atoms with Gasteiger partial charge in [-0.2, -0.15) is 0 Å². The van der Waals surface area contributed by atoms with Crippen molar-refractivity contribution in [2.75, 3.05) is 6.61 Å². The van der Waals surface area contributed by atoms with E-state index in [4.69, 9.17) is 4.74 Å². The van der Waals surface area contributed by atoms with Crippen LogP contribution in [0.3, 0.4) is 0 Å². The number of fused-ring (bicyclic) bond motifs is 2. The maximum absolute atomic E-state index is 11.8. The lowest BCUT2D eigenvalue weighted by Gasteiger charge is -2.05. The summed E-state index contributed by atoms with van der Waals surface area (Å²) >= 11 is 0. The Hall–Kier alpha value is -2.75. The molecule has 0 amide bonds. The smallest absolute Gasteiger partial charge is 0.338 e. The van der Waals surface area contributed by atoms with Gasteiger partial charge in [0.05, 0.1) is 12.2 Å². The van der Waals surface area contributed by atoms with E-state index in [1.807, 2.05) is 40.0 Å². The molecule has 4 heteroatoms. The molecule has 0 atom stereocenters. The highest BCUT2D eigenvalue weighted by Gasteiger charge is 2.25. The van der Waals surface area contributed by atoms with E-state index in [9.17, 15) is 4.79 Å². The summed E-state index contributed by atoms with van der Waals surface area (Å²) in [5, 5.41) is 0. The van der Waals surface area contributed by atoms with Crippen molar-refractivity contribution in [1.82, 2.24) is 9.97 Å². The van der Waals surface area contributed by atoms with Gasteiger partial charge in [0.1, 0.15) is 0 Å². The molecule has 4 nitrogen and oxygen atoms in total. The second kappa shape index (κ2) is 7.87. The molecule has 0 aliphatic heterocycles. The highest BCUT2D eigenvalue weighted by atomic mass is 16.5. The van der Waals surface area contributed by atoms with Crippen LogP contribution >= 0.6 is 0 Å². The molecular weight excluding hydrogens is 336 g/mol. The molecule has 2 aromatic rings. The van der Waals surface area contributed by atoms with Gasteiger partial charge in [-0.1, -0.05) is 17.2 Å². The number of allylic oxidation sites excluding steroid dienone is 2. The molecule has 0 fully saturated rings. The minimum atomic E-state index is -0.232. The van der Waals surface area contributed by atoms with Crippen molar-refractivity contribution >= 4 is 17.6 Å². The van der Waals surface area contributed by atoms with E-state index < -0.39 is 0 Å². The number of aryl methyl sites for hydroxylation is 2. The van der Waals surface area contributed by atoms with E-state index in [2.05, 4.69) is 29.0 Å². The zero-order chi connectivity index (χ0) is 19.6. The summed E-state index contributed by atoms with van der Waals surface area (Å²) in [5.74, 6) is -0.232. The molecular formula is C23H26N2O2. The van der Waals surface area contributed by atoms with Crippen LogP contribution in [-0.4, -0.2) is 22.5 Å². The van der Waals surface area contributed by atoms with Crippen molar-refractivity contribution < 1.29 is 9.53 Å². The molecule has 27 heavy (non-hydrogen) atoms. The molecule has 2 heterocycles. The molecule has 2 aromatic heterocycles. The van der Waals surface area contributed by atoms with Gasteiger partial charge in [0.25, 0.3) is 0 Å². The first-order valence-corrected chi connectivity index (χ1v) is 9.34. The molecule has 140 valence electrons. The van der Waals surface area contributed by atoms with E-state index >= 15 is 0 Å². The van der Waals surface area contributed by atoms with Gasteiger partial charge in [-0.25, -0.2) is 4.79 Å². The largest absolute Gasteiger partial charge is 0.462 e. The van der Waals surface area contributed by atoms with Crippen LogP contribution in [0.15, 0.2) is 35.7 Å². The Balaban J connectivity index is 0.000000166. The van der Waals surface area contributed by atoms with Crippen LogP contribution < -0.4 is 0 Å². The second-order valence-corrected chi connectivity index (χ2v) is 7.23. The Bertz CT molecular complexity index is 955. The number of hydrogen-bond acceptors (Lipinski definition) is 4. The number of rotatable bonds is 2. The Kier molecular flexibility index (Phi) is 5.54. The first-order valence-electron chi connectivity index (χ1n) is 9.34. The van der Waals surface area contributed by atoms with Gasteiger partial charge in [-0.3, -0.25) is 9.97 Å². The minimum absolute atomic E-state index is 0.232. The van der Waals surface area contributed by atoms with Crippen molar-refractivity contribution in [2.24, 2.45) is 0 Å². The Labute approximate surface area is 161 Å². The Morgan fingerprint density at radius 1 is 1.00 bits per heavy atom. The number of carbonyl (C=O) groups is 1. The second-order valence-electron chi connectivity index (χ2n) is 7.23. The predicted molar refractivity (Wildman–Crippen MR) is 108 cm³/mol. The molecule has 0 saturated heterocycles. The zero-order valence-electron chi connectivity index (χ0n) is 16.7. The molecule has 0 N–H and O–H groups in total. The summed E-state index contributed by atoms with van der Waals surface area (Å²) in [6.45, 7) is 10.4. The summed E-state index contributed by atoms with van der Waals surface area (Å²) in [6, 6.07) is 4.20. The Morgan fingerprint density at radius 3 is 2.37 bits per heavy atom. The normalized spacial score (nSPS) is 14.2. The molecule has 0 radical (unpaired) electrons. The summed E-state index contributed by atoms with van der Waals surface area (Å²) in [4.78, 5) is 20.3. The molecule has 2 aliphatic carbocycles. The van der Waals surface area contributed by atoms with E-state index in [1.54, 1.807) is 6.20 Å². The first kappa shape index (κ1) is 19.0.